The third-order valence-electron chi connectivity index (χ3n) is 22.4. The summed E-state index contributed by atoms with van der Waals surface area (Å²) in [5.74, 6) is 5.90. The van der Waals surface area contributed by atoms with Crippen molar-refractivity contribution >= 4 is 118 Å². The molecule has 122 heavy (non-hydrogen) atoms. The Hall–Kier alpha value is 0.360. The maximum Gasteiger partial charge on any atom is 0.307 e. The lowest BCUT2D eigenvalue weighted by Gasteiger charge is -2.35. The Morgan fingerprint density at radius 3 is 0.590 bits per heavy atom. The van der Waals surface area contributed by atoms with Crippen LogP contribution in [0, 0.1) is 0 Å². The van der Waals surface area contributed by atoms with E-state index in [0.29, 0.717) is 52.6 Å². The number of thioether (sulfide) groups is 8. The molecule has 1 aliphatic rings. The van der Waals surface area contributed by atoms with Gasteiger partial charge in [-0.3, -0.25) is 19.2 Å². The standard InChI is InChI=1S/C98H192N4O12S8/c1-13-17-21-25-29-33-37-41-45-49-71-107-75-83-115-95(5,6)119-87-79-111-91(103)55-63-99(64-56-92(104)112-80-88-120-96(7,8)116-84-76-108-72-50-46-42-38-34-30-26-22-18-14-2)59-53-61-101-67-69-102(70-68-101)62-54-60-100(65-57-93(105)113-81-89-121-97(9,10)117-85-77-109-73-51-47-43-39-35-31-27-23-19-15-3)66-58-94(106)114-82-90-122-98(11,12)118-86-78-110-74-52-48-44-40-36-32-28-24-20-16-4/h13-90H2,1-12H3. The van der Waals surface area contributed by atoms with Gasteiger partial charge in [-0.05, 0) is 120 Å². The fraction of sp³-hybridized carbons (Fsp3) is 0.959. The molecule has 16 nitrogen and oxygen atoms in total. The first-order chi connectivity index (χ1) is 59.1. The van der Waals surface area contributed by atoms with E-state index in [1.54, 1.807) is 0 Å². The number of esters is 4. The number of hydrogen-bond acceptors (Lipinski definition) is 24. The van der Waals surface area contributed by atoms with Crippen LogP contribution in [0.15, 0.2) is 0 Å². The second kappa shape index (κ2) is 86.7. The molecular formula is C98H192N4O12S8. The average Bonchev–Trinajstić information content (AvgIpc) is 1.17. The minimum absolute atomic E-state index is 0.0128. The van der Waals surface area contributed by atoms with Gasteiger partial charge in [0.25, 0.3) is 0 Å². The van der Waals surface area contributed by atoms with Crippen LogP contribution in [-0.2, 0) is 57.1 Å². The Bertz CT molecular complexity index is 2030. The lowest BCUT2D eigenvalue weighted by Crippen LogP contribution is -2.47. The lowest BCUT2D eigenvalue weighted by atomic mass is 10.1. The normalized spacial score (nSPS) is 13.4. The molecule has 1 saturated heterocycles. The number of hydrogen-bond donors (Lipinski definition) is 0. The molecule has 0 aliphatic carbocycles. The van der Waals surface area contributed by atoms with Gasteiger partial charge in [0.05, 0.1) is 68.4 Å². The average molecular weight is 1880 g/mol. The minimum atomic E-state index is -0.200. The Morgan fingerprint density at radius 1 is 0.230 bits per heavy atom. The second-order valence-corrected chi connectivity index (χ2v) is 50.3. The zero-order valence-electron chi connectivity index (χ0n) is 81.1. The molecule has 0 aromatic rings. The first-order valence-electron chi connectivity index (χ1n) is 50.1. The van der Waals surface area contributed by atoms with Crippen molar-refractivity contribution in [2.24, 2.45) is 0 Å². The van der Waals surface area contributed by atoms with E-state index in [0.717, 1.165) is 190 Å². The molecule has 1 heterocycles. The Labute approximate surface area is 787 Å². The summed E-state index contributed by atoms with van der Waals surface area (Å²) in [5, 5.41) is 0. The fourth-order valence-electron chi connectivity index (χ4n) is 14.7. The highest BCUT2D eigenvalue weighted by molar-refractivity contribution is 8.19. The third kappa shape index (κ3) is 84.6. The first kappa shape index (κ1) is 120. The number of carbonyl (C=O) groups excluding carboxylic acids is 4. The maximum atomic E-state index is 13.3. The van der Waals surface area contributed by atoms with Crippen molar-refractivity contribution in [2.45, 2.75) is 395 Å². The molecule has 0 spiro atoms. The van der Waals surface area contributed by atoms with Gasteiger partial charge in [-0.1, -0.05) is 259 Å². The summed E-state index contributed by atoms with van der Waals surface area (Å²) < 4.78 is 47.3. The van der Waals surface area contributed by atoms with Gasteiger partial charge < -0.3 is 57.5 Å². The van der Waals surface area contributed by atoms with E-state index in [4.69, 9.17) is 37.9 Å². The van der Waals surface area contributed by atoms with Gasteiger partial charge in [-0.2, -0.15) is 0 Å². The molecule has 0 N–H and O–H groups in total. The number of rotatable bonds is 96. The molecule has 0 aromatic carbocycles. The summed E-state index contributed by atoms with van der Waals surface area (Å²) >= 11 is 14.9. The quantitative estimate of drug-likeness (QED) is 0.0245. The monoisotopic (exact) mass is 1870 g/mol. The largest absolute Gasteiger partial charge is 0.465 e. The molecule has 0 aromatic heterocycles. The summed E-state index contributed by atoms with van der Waals surface area (Å²) in [6.07, 6.45) is 56.0. The third-order valence-corrected chi connectivity index (χ3v) is 33.7. The number of nitrogens with zero attached hydrogens (tertiary/aromatic N) is 4. The van der Waals surface area contributed by atoms with Crippen LogP contribution in [-0.4, -0.2) is 264 Å². The van der Waals surface area contributed by atoms with Crippen LogP contribution in [0.5, 0.6) is 0 Å². The molecule has 0 unspecified atom stereocenters. The van der Waals surface area contributed by atoms with Crippen molar-refractivity contribution < 1.29 is 57.1 Å². The minimum Gasteiger partial charge on any atom is -0.465 e. The van der Waals surface area contributed by atoms with Crippen LogP contribution in [0.1, 0.15) is 378 Å². The van der Waals surface area contributed by atoms with Crippen LogP contribution < -0.4 is 0 Å². The second-order valence-electron chi connectivity index (χ2n) is 35.5. The molecule has 24 heteroatoms. The summed E-state index contributed by atoms with van der Waals surface area (Å²) in [7, 11) is 0. The van der Waals surface area contributed by atoms with E-state index in [2.05, 4.69) is 103 Å². The molecule has 1 rings (SSSR count). The molecule has 1 fully saturated rings. The van der Waals surface area contributed by atoms with E-state index in [9.17, 15) is 19.2 Å². The van der Waals surface area contributed by atoms with E-state index in [-0.39, 0.29) is 65.9 Å². The van der Waals surface area contributed by atoms with Gasteiger partial charge in [0.2, 0.25) is 0 Å². The van der Waals surface area contributed by atoms with Crippen molar-refractivity contribution in [1.29, 1.82) is 0 Å². The van der Waals surface area contributed by atoms with Crippen LogP contribution in [0.3, 0.4) is 0 Å². The highest BCUT2D eigenvalue weighted by atomic mass is 32.2. The summed E-state index contributed by atoms with van der Waals surface area (Å²) in [4.78, 5) is 62.9. The van der Waals surface area contributed by atoms with Crippen LogP contribution >= 0.6 is 94.1 Å². The summed E-state index contributed by atoms with van der Waals surface area (Å²) in [6.45, 7) is 44.3. The topological polar surface area (TPSA) is 155 Å². The number of unbranched alkanes of at least 4 members (excludes halogenated alkanes) is 36. The highest BCUT2D eigenvalue weighted by Crippen LogP contribution is 2.39. The van der Waals surface area contributed by atoms with Crippen molar-refractivity contribution in [3.05, 3.63) is 0 Å². The number of ether oxygens (including phenoxy) is 8. The molecule has 0 bridgehead atoms. The molecular weight excluding hydrogens is 1680 g/mol. The van der Waals surface area contributed by atoms with Gasteiger partial charge in [-0.25, -0.2) is 0 Å². The Morgan fingerprint density at radius 2 is 0.402 bits per heavy atom. The predicted molar refractivity (Wildman–Crippen MR) is 544 cm³/mol. The molecule has 1 aliphatic heterocycles. The summed E-state index contributed by atoms with van der Waals surface area (Å²) in [5.41, 5.74) is 0. The molecule has 0 saturated carbocycles. The maximum absolute atomic E-state index is 13.3. The SMILES string of the molecule is CCCCCCCCCCCCOCCSC(C)(C)SCCOC(=O)CCN(CCCN1CCN(CCCN(CCC(=O)OCCSC(C)(C)SCCOCCCCCCCCCCCC)CCC(=O)OCCSC(C)(C)SCCOCCCCCCCCCCCC)CC1)CCC(=O)OCCSC(C)(C)SCCOCCCCCCCCCCCC. The molecule has 724 valence electrons. The number of piperazine rings is 1. The van der Waals surface area contributed by atoms with Crippen LogP contribution in [0.25, 0.3) is 0 Å². The molecule has 0 atom stereocenters. The van der Waals surface area contributed by atoms with Crippen molar-refractivity contribution in [3.63, 3.8) is 0 Å². The zero-order valence-corrected chi connectivity index (χ0v) is 87.6. The Kier molecular flexibility index (Phi) is 85.6. The lowest BCUT2D eigenvalue weighted by molar-refractivity contribution is -0.145. The van der Waals surface area contributed by atoms with Crippen molar-refractivity contribution in [3.8, 4) is 0 Å². The van der Waals surface area contributed by atoms with Gasteiger partial charge in [0, 0.05) is 125 Å². The molecule has 0 radical (unpaired) electrons. The van der Waals surface area contributed by atoms with Gasteiger partial charge in [0.1, 0.15) is 26.4 Å². The van der Waals surface area contributed by atoms with Crippen LogP contribution in [0.2, 0.25) is 0 Å². The number of carbonyl (C=O) groups is 4. The van der Waals surface area contributed by atoms with Crippen molar-refractivity contribution in [1.82, 2.24) is 19.6 Å². The van der Waals surface area contributed by atoms with Gasteiger partial charge in [0.15, 0.2) is 0 Å². The highest BCUT2D eigenvalue weighted by Gasteiger charge is 2.25. The van der Waals surface area contributed by atoms with E-state index >= 15 is 0 Å². The van der Waals surface area contributed by atoms with Crippen LogP contribution in [0.4, 0.5) is 0 Å². The van der Waals surface area contributed by atoms with Crippen molar-refractivity contribution in [2.75, 3.05) is 204 Å². The molecule has 0 amide bonds. The smallest absolute Gasteiger partial charge is 0.307 e. The van der Waals surface area contributed by atoms with E-state index in [1.165, 1.54) is 231 Å². The predicted octanol–water partition coefficient (Wildman–Crippen LogP) is 26.3. The zero-order chi connectivity index (χ0) is 89.1. The van der Waals surface area contributed by atoms with E-state index < -0.39 is 0 Å². The summed E-state index contributed by atoms with van der Waals surface area (Å²) in [6, 6.07) is 0. The fourth-order valence-corrected chi connectivity index (χ4v) is 23.5. The van der Waals surface area contributed by atoms with Gasteiger partial charge >= 0.3 is 23.9 Å². The van der Waals surface area contributed by atoms with Gasteiger partial charge in [-0.15, -0.1) is 94.1 Å². The first-order valence-corrected chi connectivity index (χ1v) is 58.0. The van der Waals surface area contributed by atoms with E-state index in [1.807, 2.05) is 94.1 Å². The Balaban J connectivity index is 2.80.